The molecule has 1 fully saturated rings. The van der Waals surface area contributed by atoms with Gasteiger partial charge in [-0.15, -0.1) is 24.2 Å². The Labute approximate surface area is 146 Å². The molecule has 2 heterocycles. The number of hydrogen-bond acceptors (Lipinski definition) is 4. The van der Waals surface area contributed by atoms with Crippen molar-refractivity contribution in [3.63, 3.8) is 0 Å². The van der Waals surface area contributed by atoms with Gasteiger partial charge in [0.25, 0.3) is 5.91 Å². The molecule has 1 aromatic heterocycles. The van der Waals surface area contributed by atoms with Gasteiger partial charge in [0.1, 0.15) is 0 Å². The first-order chi connectivity index (χ1) is 10.8. The summed E-state index contributed by atoms with van der Waals surface area (Å²) in [7, 11) is 0. The zero-order valence-corrected chi connectivity index (χ0v) is 14.6. The van der Waals surface area contributed by atoms with E-state index in [1.54, 1.807) is 17.8 Å². The summed E-state index contributed by atoms with van der Waals surface area (Å²) in [4.78, 5) is 13.4. The van der Waals surface area contributed by atoms with Gasteiger partial charge in [0.05, 0.1) is 6.04 Å². The van der Waals surface area contributed by atoms with Gasteiger partial charge in [0.2, 0.25) is 0 Å². The molecule has 1 aliphatic heterocycles. The molecule has 3 rings (SSSR count). The predicted molar refractivity (Wildman–Crippen MR) is 96.8 cm³/mol. The normalized spacial score (nSPS) is 17.3. The van der Waals surface area contributed by atoms with Crippen molar-refractivity contribution in [1.29, 1.82) is 0 Å². The molecular formula is C16H21ClN4OS. The monoisotopic (exact) mass is 352 g/mol. The number of aromatic nitrogens is 2. The second-order valence-corrected chi connectivity index (χ2v) is 6.24. The van der Waals surface area contributed by atoms with E-state index in [1.807, 2.05) is 41.4 Å². The number of nitrogens with one attached hydrogen (secondary N) is 2. The van der Waals surface area contributed by atoms with Crippen LogP contribution in [0.2, 0.25) is 0 Å². The van der Waals surface area contributed by atoms with Crippen LogP contribution >= 0.6 is 24.2 Å². The lowest BCUT2D eigenvalue weighted by molar-refractivity contribution is 0.102. The van der Waals surface area contributed by atoms with Crippen LogP contribution in [0.15, 0.2) is 41.4 Å². The molecule has 1 saturated heterocycles. The van der Waals surface area contributed by atoms with Gasteiger partial charge in [-0.1, -0.05) is 0 Å². The van der Waals surface area contributed by atoms with E-state index in [4.69, 9.17) is 0 Å². The molecule has 1 atom stereocenters. The first kappa shape index (κ1) is 17.8. The zero-order valence-electron chi connectivity index (χ0n) is 13.0. The third-order valence-electron chi connectivity index (χ3n) is 3.83. The van der Waals surface area contributed by atoms with Gasteiger partial charge in [-0.3, -0.25) is 9.48 Å². The molecule has 1 aromatic carbocycles. The van der Waals surface area contributed by atoms with E-state index in [1.165, 1.54) is 4.90 Å². The Kier molecular flexibility index (Phi) is 6.50. The first-order valence-corrected chi connectivity index (χ1v) is 8.70. The van der Waals surface area contributed by atoms with Crippen molar-refractivity contribution in [2.75, 3.05) is 24.7 Å². The molecule has 0 radical (unpaired) electrons. The fourth-order valence-electron chi connectivity index (χ4n) is 2.59. The Balaban J connectivity index is 0.00000192. The molecule has 1 aliphatic rings. The number of piperidine rings is 1. The summed E-state index contributed by atoms with van der Waals surface area (Å²) in [5.41, 5.74) is 1.25. The number of benzene rings is 1. The number of carbonyl (C=O) groups is 1. The summed E-state index contributed by atoms with van der Waals surface area (Å²) < 4.78 is 1.90. The van der Waals surface area contributed by atoms with Crippen LogP contribution in [-0.2, 0) is 0 Å². The largest absolute Gasteiger partial charge is 0.321 e. The van der Waals surface area contributed by atoms with Crippen molar-refractivity contribution < 1.29 is 4.79 Å². The molecule has 2 aromatic rings. The maximum Gasteiger partial charge on any atom is 0.276 e. The van der Waals surface area contributed by atoms with Crippen LogP contribution < -0.4 is 10.6 Å². The summed E-state index contributed by atoms with van der Waals surface area (Å²) in [6.07, 6.45) is 6.17. The lowest BCUT2D eigenvalue weighted by atomic mass is 10.1. The smallest absolute Gasteiger partial charge is 0.276 e. The lowest BCUT2D eigenvalue weighted by Gasteiger charge is -2.22. The van der Waals surface area contributed by atoms with Crippen LogP contribution in [-0.4, -0.2) is 35.0 Å². The Hall–Kier alpha value is -1.50. The minimum Gasteiger partial charge on any atom is -0.321 e. The number of thioether (sulfide) groups is 1. The zero-order chi connectivity index (χ0) is 15.4. The summed E-state index contributed by atoms with van der Waals surface area (Å²) in [6, 6.07) is 9.92. The van der Waals surface area contributed by atoms with Crippen molar-refractivity contribution >= 4 is 35.8 Å². The standard InChI is InChI=1S/C16H20N4OS.ClH/c1-22-14-6-4-12(5-7-14)18-16(21)15-8-10-20(19-15)13-3-2-9-17-11-13;/h4-8,10,13,17H,2-3,9,11H2,1H3,(H,18,21);1H. The molecule has 0 spiro atoms. The van der Waals surface area contributed by atoms with Crippen molar-refractivity contribution in [2.45, 2.75) is 23.8 Å². The van der Waals surface area contributed by atoms with E-state index >= 15 is 0 Å². The van der Waals surface area contributed by atoms with Gasteiger partial charge in [0, 0.05) is 23.3 Å². The van der Waals surface area contributed by atoms with Crippen LogP contribution in [0.1, 0.15) is 29.4 Å². The lowest BCUT2D eigenvalue weighted by Crippen LogP contribution is -2.32. The van der Waals surface area contributed by atoms with Gasteiger partial charge in [-0.05, 0) is 56.0 Å². The van der Waals surface area contributed by atoms with E-state index in [-0.39, 0.29) is 18.3 Å². The molecule has 2 N–H and O–H groups in total. The molecule has 0 saturated carbocycles. The summed E-state index contributed by atoms with van der Waals surface area (Å²) in [5.74, 6) is -0.167. The van der Waals surface area contributed by atoms with E-state index in [0.717, 1.165) is 31.6 Å². The van der Waals surface area contributed by atoms with Crippen LogP contribution in [0.25, 0.3) is 0 Å². The van der Waals surface area contributed by atoms with E-state index in [9.17, 15) is 4.79 Å². The van der Waals surface area contributed by atoms with E-state index in [0.29, 0.717) is 11.7 Å². The number of hydrogen-bond donors (Lipinski definition) is 2. The van der Waals surface area contributed by atoms with Crippen LogP contribution in [0.5, 0.6) is 0 Å². The highest BCUT2D eigenvalue weighted by molar-refractivity contribution is 7.98. The Morgan fingerprint density at radius 1 is 1.35 bits per heavy atom. The van der Waals surface area contributed by atoms with Crippen molar-refractivity contribution in [2.24, 2.45) is 0 Å². The Morgan fingerprint density at radius 2 is 2.13 bits per heavy atom. The Bertz CT molecular complexity index is 638. The maximum atomic E-state index is 12.3. The molecule has 5 nitrogen and oxygen atoms in total. The second-order valence-electron chi connectivity index (χ2n) is 5.36. The molecular weight excluding hydrogens is 332 g/mol. The number of rotatable bonds is 4. The summed E-state index contributed by atoms with van der Waals surface area (Å²) >= 11 is 1.68. The highest BCUT2D eigenvalue weighted by atomic mass is 35.5. The fraction of sp³-hybridized carbons (Fsp3) is 0.375. The van der Waals surface area contributed by atoms with Crippen LogP contribution in [0, 0.1) is 0 Å². The number of halogens is 1. The summed E-state index contributed by atoms with van der Waals surface area (Å²) in [5, 5.41) is 10.7. The number of nitrogens with zero attached hydrogens (tertiary/aromatic N) is 2. The van der Waals surface area contributed by atoms with Gasteiger partial charge in [-0.2, -0.15) is 5.10 Å². The SMILES string of the molecule is CSc1ccc(NC(=O)c2ccn(C3CCCNC3)n2)cc1.Cl. The van der Waals surface area contributed by atoms with Crippen LogP contribution in [0.3, 0.4) is 0 Å². The average Bonchev–Trinajstić information content (AvgIpc) is 3.06. The van der Waals surface area contributed by atoms with E-state index in [2.05, 4.69) is 15.7 Å². The maximum absolute atomic E-state index is 12.3. The molecule has 1 amide bonds. The highest BCUT2D eigenvalue weighted by Crippen LogP contribution is 2.19. The summed E-state index contributed by atoms with van der Waals surface area (Å²) in [6.45, 7) is 1.98. The first-order valence-electron chi connectivity index (χ1n) is 7.47. The van der Waals surface area contributed by atoms with Gasteiger partial charge in [0.15, 0.2) is 5.69 Å². The van der Waals surface area contributed by atoms with Gasteiger partial charge < -0.3 is 10.6 Å². The van der Waals surface area contributed by atoms with Crippen molar-refractivity contribution in [1.82, 2.24) is 15.1 Å². The van der Waals surface area contributed by atoms with Crippen molar-refractivity contribution in [3.8, 4) is 0 Å². The topological polar surface area (TPSA) is 59.0 Å². The van der Waals surface area contributed by atoms with Gasteiger partial charge >= 0.3 is 0 Å². The quantitative estimate of drug-likeness (QED) is 0.829. The fourth-order valence-corrected chi connectivity index (χ4v) is 3.00. The minimum atomic E-state index is -0.167. The third kappa shape index (κ3) is 4.50. The third-order valence-corrected chi connectivity index (χ3v) is 4.58. The molecule has 0 aliphatic carbocycles. The number of carbonyl (C=O) groups excluding carboxylic acids is 1. The number of anilines is 1. The van der Waals surface area contributed by atoms with Crippen LogP contribution in [0.4, 0.5) is 5.69 Å². The molecule has 23 heavy (non-hydrogen) atoms. The van der Waals surface area contributed by atoms with Crippen molar-refractivity contribution in [3.05, 3.63) is 42.2 Å². The molecule has 0 bridgehead atoms. The average molecular weight is 353 g/mol. The minimum absolute atomic E-state index is 0. The molecule has 7 heteroatoms. The second kappa shape index (κ2) is 8.38. The molecule has 124 valence electrons. The highest BCUT2D eigenvalue weighted by Gasteiger charge is 2.17. The Morgan fingerprint density at radius 3 is 2.78 bits per heavy atom. The molecule has 1 unspecified atom stereocenters. The number of amides is 1. The predicted octanol–water partition coefficient (Wildman–Crippen LogP) is 3.20. The van der Waals surface area contributed by atoms with E-state index < -0.39 is 0 Å². The van der Waals surface area contributed by atoms with Gasteiger partial charge in [-0.25, -0.2) is 0 Å².